The third-order valence-electron chi connectivity index (χ3n) is 3.40. The zero-order chi connectivity index (χ0) is 18.2. The van der Waals surface area contributed by atoms with Crippen molar-refractivity contribution in [1.29, 1.82) is 0 Å². The minimum Gasteiger partial charge on any atom is -0.494 e. The van der Waals surface area contributed by atoms with Crippen LogP contribution in [0.25, 0.3) is 0 Å². The van der Waals surface area contributed by atoms with Crippen LogP contribution in [-0.4, -0.2) is 19.1 Å². The van der Waals surface area contributed by atoms with Crippen molar-refractivity contribution in [3.05, 3.63) is 52.5 Å². The summed E-state index contributed by atoms with van der Waals surface area (Å²) in [5.41, 5.74) is 1.39. The number of carbonyl (C=O) groups excluding carboxylic acids is 1. The monoisotopic (exact) mass is 380 g/mol. The molecule has 0 atom stereocenters. The van der Waals surface area contributed by atoms with Crippen LogP contribution in [0.4, 0.5) is 11.4 Å². The number of hydrogen-bond donors (Lipinski definition) is 2. The summed E-state index contributed by atoms with van der Waals surface area (Å²) in [5.74, 6) is 1.20. The standard InChI is InChI=1S/C19H22Cl2N2O2/c1-13(2)6-7-25-18-5-3-4-16(11-18)22-12-19(24)23-17-9-14(20)8-15(21)10-17/h3-5,8-11,13,22H,6-7,12H2,1-2H3,(H,23,24). The molecule has 2 N–H and O–H groups in total. The smallest absolute Gasteiger partial charge is 0.243 e. The number of carbonyl (C=O) groups is 1. The predicted octanol–water partition coefficient (Wildman–Crippen LogP) is 5.47. The van der Waals surface area contributed by atoms with Crippen LogP contribution in [0, 0.1) is 5.92 Å². The van der Waals surface area contributed by atoms with Crippen molar-refractivity contribution >= 4 is 40.5 Å². The molecule has 0 aliphatic rings. The van der Waals surface area contributed by atoms with E-state index in [1.165, 1.54) is 0 Å². The van der Waals surface area contributed by atoms with Gasteiger partial charge in [0.15, 0.2) is 0 Å². The van der Waals surface area contributed by atoms with Gasteiger partial charge in [-0.05, 0) is 42.7 Å². The summed E-state index contributed by atoms with van der Waals surface area (Å²) in [4.78, 5) is 12.0. The molecule has 6 heteroatoms. The lowest BCUT2D eigenvalue weighted by Gasteiger charge is -2.11. The number of ether oxygens (including phenoxy) is 1. The third kappa shape index (κ3) is 7.24. The van der Waals surface area contributed by atoms with Crippen molar-refractivity contribution in [2.45, 2.75) is 20.3 Å². The molecule has 0 saturated heterocycles. The van der Waals surface area contributed by atoms with Gasteiger partial charge < -0.3 is 15.4 Å². The van der Waals surface area contributed by atoms with E-state index in [1.807, 2.05) is 24.3 Å². The molecule has 0 aliphatic heterocycles. The average molecular weight is 381 g/mol. The number of nitrogens with one attached hydrogen (secondary N) is 2. The van der Waals surface area contributed by atoms with E-state index >= 15 is 0 Å². The molecule has 0 radical (unpaired) electrons. The van der Waals surface area contributed by atoms with Crippen molar-refractivity contribution in [2.24, 2.45) is 5.92 Å². The Bertz CT molecular complexity index is 700. The zero-order valence-corrected chi connectivity index (χ0v) is 15.8. The Labute approximate surface area is 158 Å². The minimum absolute atomic E-state index is 0.125. The second kappa shape index (κ2) is 9.54. The van der Waals surface area contributed by atoms with Gasteiger partial charge in [-0.2, -0.15) is 0 Å². The largest absolute Gasteiger partial charge is 0.494 e. The molecule has 0 fully saturated rings. The molecular weight excluding hydrogens is 359 g/mol. The van der Waals surface area contributed by atoms with Crippen LogP contribution in [0.1, 0.15) is 20.3 Å². The first-order valence-electron chi connectivity index (χ1n) is 8.15. The highest BCUT2D eigenvalue weighted by Crippen LogP contribution is 2.22. The molecular formula is C19H22Cl2N2O2. The Morgan fingerprint density at radius 1 is 1.08 bits per heavy atom. The summed E-state index contributed by atoms with van der Waals surface area (Å²) in [5, 5.41) is 6.78. The molecule has 2 aromatic rings. The normalized spacial score (nSPS) is 10.6. The van der Waals surface area contributed by atoms with Gasteiger partial charge >= 0.3 is 0 Å². The van der Waals surface area contributed by atoms with Crippen LogP contribution in [-0.2, 0) is 4.79 Å². The molecule has 0 aliphatic carbocycles. The number of halogens is 2. The average Bonchev–Trinajstić information content (AvgIpc) is 2.52. The molecule has 25 heavy (non-hydrogen) atoms. The van der Waals surface area contributed by atoms with Crippen molar-refractivity contribution in [1.82, 2.24) is 0 Å². The number of amides is 1. The summed E-state index contributed by atoms with van der Waals surface area (Å²) in [7, 11) is 0. The second-order valence-corrected chi connectivity index (χ2v) is 6.99. The lowest BCUT2D eigenvalue weighted by Crippen LogP contribution is -2.21. The maximum atomic E-state index is 12.0. The Balaban J connectivity index is 1.84. The SMILES string of the molecule is CC(C)CCOc1cccc(NCC(=O)Nc2cc(Cl)cc(Cl)c2)c1. The van der Waals surface area contributed by atoms with E-state index in [0.717, 1.165) is 17.9 Å². The van der Waals surface area contributed by atoms with Crippen molar-refractivity contribution < 1.29 is 9.53 Å². The summed E-state index contributed by atoms with van der Waals surface area (Å²) in [6, 6.07) is 12.5. The van der Waals surface area contributed by atoms with Crippen LogP contribution in [0.2, 0.25) is 10.0 Å². The Morgan fingerprint density at radius 2 is 1.80 bits per heavy atom. The Hall–Kier alpha value is -1.91. The van der Waals surface area contributed by atoms with E-state index in [9.17, 15) is 4.79 Å². The molecule has 1 amide bonds. The topological polar surface area (TPSA) is 50.4 Å². The van der Waals surface area contributed by atoms with Gasteiger partial charge in [0.05, 0.1) is 13.2 Å². The van der Waals surface area contributed by atoms with E-state index in [0.29, 0.717) is 28.3 Å². The number of rotatable bonds is 8. The lowest BCUT2D eigenvalue weighted by molar-refractivity contribution is -0.114. The van der Waals surface area contributed by atoms with Crippen LogP contribution in [0.3, 0.4) is 0 Å². The molecule has 4 nitrogen and oxygen atoms in total. The molecule has 0 spiro atoms. The van der Waals surface area contributed by atoms with E-state index in [2.05, 4.69) is 24.5 Å². The highest BCUT2D eigenvalue weighted by atomic mass is 35.5. The van der Waals surface area contributed by atoms with E-state index in [4.69, 9.17) is 27.9 Å². The molecule has 0 heterocycles. The van der Waals surface area contributed by atoms with Gasteiger partial charge in [-0.15, -0.1) is 0 Å². The fourth-order valence-corrected chi connectivity index (χ4v) is 2.65. The van der Waals surface area contributed by atoms with Crippen LogP contribution in [0.5, 0.6) is 5.75 Å². The quantitative estimate of drug-likeness (QED) is 0.638. The van der Waals surface area contributed by atoms with Crippen LogP contribution in [0.15, 0.2) is 42.5 Å². The highest BCUT2D eigenvalue weighted by Gasteiger charge is 2.05. The minimum atomic E-state index is -0.190. The maximum Gasteiger partial charge on any atom is 0.243 e. The van der Waals surface area contributed by atoms with E-state index < -0.39 is 0 Å². The number of anilines is 2. The van der Waals surface area contributed by atoms with Crippen molar-refractivity contribution in [3.8, 4) is 5.75 Å². The first-order chi connectivity index (χ1) is 11.9. The van der Waals surface area contributed by atoms with Gasteiger partial charge in [0.25, 0.3) is 0 Å². The van der Waals surface area contributed by atoms with Gasteiger partial charge in [0, 0.05) is 27.5 Å². The second-order valence-electron chi connectivity index (χ2n) is 6.12. The van der Waals surface area contributed by atoms with Crippen LogP contribution >= 0.6 is 23.2 Å². The molecule has 0 saturated carbocycles. The summed E-state index contributed by atoms with van der Waals surface area (Å²) in [6.07, 6.45) is 1.00. The highest BCUT2D eigenvalue weighted by molar-refractivity contribution is 6.35. The van der Waals surface area contributed by atoms with Gasteiger partial charge in [0.2, 0.25) is 5.91 Å². The third-order valence-corrected chi connectivity index (χ3v) is 3.83. The molecule has 0 aromatic heterocycles. The number of hydrogen-bond acceptors (Lipinski definition) is 3. The molecule has 2 rings (SSSR count). The van der Waals surface area contributed by atoms with Gasteiger partial charge in [-0.1, -0.05) is 43.1 Å². The Morgan fingerprint density at radius 3 is 2.48 bits per heavy atom. The van der Waals surface area contributed by atoms with Crippen LogP contribution < -0.4 is 15.4 Å². The molecule has 2 aromatic carbocycles. The summed E-state index contributed by atoms with van der Waals surface area (Å²) >= 11 is 11.8. The van der Waals surface area contributed by atoms with Crippen molar-refractivity contribution in [2.75, 3.05) is 23.8 Å². The van der Waals surface area contributed by atoms with Gasteiger partial charge in [-0.3, -0.25) is 4.79 Å². The molecule has 0 unspecified atom stereocenters. The number of benzene rings is 2. The molecule has 0 bridgehead atoms. The molecule has 134 valence electrons. The fraction of sp³-hybridized carbons (Fsp3) is 0.316. The lowest BCUT2D eigenvalue weighted by atomic mass is 10.1. The van der Waals surface area contributed by atoms with Gasteiger partial charge in [-0.25, -0.2) is 0 Å². The Kier molecular flexibility index (Phi) is 7.41. The summed E-state index contributed by atoms with van der Waals surface area (Å²) in [6.45, 7) is 5.12. The van der Waals surface area contributed by atoms with E-state index in [1.54, 1.807) is 18.2 Å². The fourth-order valence-electron chi connectivity index (χ4n) is 2.12. The van der Waals surface area contributed by atoms with Gasteiger partial charge in [0.1, 0.15) is 5.75 Å². The van der Waals surface area contributed by atoms with E-state index in [-0.39, 0.29) is 12.5 Å². The maximum absolute atomic E-state index is 12.0. The summed E-state index contributed by atoms with van der Waals surface area (Å²) < 4.78 is 5.72. The zero-order valence-electron chi connectivity index (χ0n) is 14.3. The predicted molar refractivity (Wildman–Crippen MR) is 105 cm³/mol. The van der Waals surface area contributed by atoms with Crippen molar-refractivity contribution in [3.63, 3.8) is 0 Å². The first-order valence-corrected chi connectivity index (χ1v) is 8.90. The first kappa shape index (κ1) is 19.4.